The lowest BCUT2D eigenvalue weighted by molar-refractivity contribution is 0.0618. The van der Waals surface area contributed by atoms with E-state index in [2.05, 4.69) is 25.4 Å². The van der Waals surface area contributed by atoms with Crippen molar-refractivity contribution in [2.75, 3.05) is 19.6 Å². The van der Waals surface area contributed by atoms with Gasteiger partial charge in [0.05, 0.1) is 11.7 Å². The minimum absolute atomic E-state index is 0.116. The average molecular weight is 337 g/mol. The smallest absolute Gasteiger partial charge is 0.272 e. The van der Waals surface area contributed by atoms with Crippen molar-refractivity contribution in [3.8, 4) is 11.5 Å². The predicted molar refractivity (Wildman–Crippen MR) is 92.0 cm³/mol. The fourth-order valence-electron chi connectivity index (χ4n) is 4.05. The van der Waals surface area contributed by atoms with E-state index >= 15 is 0 Å². The molecule has 2 N–H and O–H groups in total. The molecule has 1 aromatic carbocycles. The number of piperidine rings is 3. The van der Waals surface area contributed by atoms with Crippen LogP contribution in [-0.2, 0) is 0 Å². The van der Waals surface area contributed by atoms with Gasteiger partial charge < -0.3 is 14.6 Å². The molecule has 0 unspecified atom stereocenters. The first-order chi connectivity index (χ1) is 12.3. The first kappa shape index (κ1) is 14.7. The zero-order valence-corrected chi connectivity index (χ0v) is 13.7. The molecule has 128 valence electrons. The molecule has 7 nitrogen and oxygen atoms in total. The second-order valence-corrected chi connectivity index (χ2v) is 6.89. The van der Waals surface area contributed by atoms with Gasteiger partial charge in [-0.1, -0.05) is 0 Å². The van der Waals surface area contributed by atoms with Gasteiger partial charge in [-0.3, -0.25) is 9.89 Å². The fourth-order valence-corrected chi connectivity index (χ4v) is 4.05. The van der Waals surface area contributed by atoms with Gasteiger partial charge in [-0.25, -0.2) is 4.98 Å². The number of hydrogen-bond donors (Lipinski definition) is 2. The van der Waals surface area contributed by atoms with Gasteiger partial charge in [-0.15, -0.1) is 0 Å². The number of fused-ring (bicyclic) bond motifs is 4. The van der Waals surface area contributed by atoms with E-state index in [9.17, 15) is 4.79 Å². The molecule has 3 aliphatic rings. The van der Waals surface area contributed by atoms with Gasteiger partial charge in [-0.05, 0) is 50.0 Å². The quantitative estimate of drug-likeness (QED) is 0.764. The highest BCUT2D eigenvalue weighted by Crippen LogP contribution is 2.28. The van der Waals surface area contributed by atoms with Crippen molar-refractivity contribution in [1.29, 1.82) is 0 Å². The number of oxazole rings is 1. The third kappa shape index (κ3) is 2.51. The van der Waals surface area contributed by atoms with Crippen LogP contribution in [0.5, 0.6) is 0 Å². The van der Waals surface area contributed by atoms with E-state index < -0.39 is 0 Å². The molecule has 3 fully saturated rings. The fraction of sp³-hybridized carbons (Fsp3) is 0.389. The maximum atomic E-state index is 12.8. The van der Waals surface area contributed by atoms with Crippen molar-refractivity contribution >= 4 is 16.8 Å². The number of hydrogen-bond acceptors (Lipinski definition) is 5. The Morgan fingerprint density at radius 3 is 2.92 bits per heavy atom. The van der Waals surface area contributed by atoms with Crippen LogP contribution in [0.4, 0.5) is 0 Å². The first-order valence-corrected chi connectivity index (χ1v) is 8.69. The molecule has 0 aliphatic carbocycles. The third-order valence-corrected chi connectivity index (χ3v) is 5.43. The summed E-state index contributed by atoms with van der Waals surface area (Å²) in [5.41, 5.74) is 2.09. The van der Waals surface area contributed by atoms with E-state index in [1.165, 1.54) is 19.1 Å². The number of nitrogens with zero attached hydrogens (tertiary/aromatic N) is 3. The number of rotatable bonds is 3. The van der Waals surface area contributed by atoms with Crippen LogP contribution in [0.3, 0.4) is 0 Å². The molecule has 7 heteroatoms. The van der Waals surface area contributed by atoms with Gasteiger partial charge in [0, 0.05) is 23.5 Å². The Hall–Kier alpha value is -2.67. The largest absolute Gasteiger partial charge is 0.445 e. The summed E-state index contributed by atoms with van der Waals surface area (Å²) in [4.78, 5) is 19.4. The summed E-state index contributed by atoms with van der Waals surface area (Å²) < 4.78 is 5.35. The molecule has 6 rings (SSSR count). The SMILES string of the molecule is O=C(N[C@@H]1CN2CCC1CC2)c1n[nH]c2ccc(-c3ncco3)cc12. The van der Waals surface area contributed by atoms with Crippen LogP contribution in [0, 0.1) is 5.92 Å². The summed E-state index contributed by atoms with van der Waals surface area (Å²) in [7, 11) is 0. The Morgan fingerprint density at radius 1 is 1.32 bits per heavy atom. The van der Waals surface area contributed by atoms with Crippen LogP contribution in [-0.4, -0.2) is 51.7 Å². The molecule has 0 saturated carbocycles. The number of benzene rings is 1. The van der Waals surface area contributed by atoms with E-state index in [1.807, 2.05) is 18.2 Å². The Labute approximate surface area is 144 Å². The average Bonchev–Trinajstić information content (AvgIpc) is 3.32. The van der Waals surface area contributed by atoms with E-state index in [0.717, 1.165) is 36.1 Å². The molecular weight excluding hydrogens is 318 g/mol. The summed E-state index contributed by atoms with van der Waals surface area (Å²) in [6, 6.07) is 5.92. The highest BCUT2D eigenvalue weighted by Gasteiger charge is 2.35. The summed E-state index contributed by atoms with van der Waals surface area (Å²) in [6.07, 6.45) is 5.48. The molecule has 3 aliphatic heterocycles. The Kier molecular flexibility index (Phi) is 3.34. The lowest BCUT2D eigenvalue weighted by Gasteiger charge is -2.44. The standard InChI is InChI=1S/C18H19N5O2/c24-17(20-15-10-23-6-3-11(15)4-7-23)16-13-9-12(18-19-5-8-25-18)1-2-14(13)21-22-16/h1-2,5,8-9,11,15H,3-4,6-7,10H2,(H,20,24)(H,21,22)/t15-/m1/s1. The zero-order valence-electron chi connectivity index (χ0n) is 13.7. The van der Waals surface area contributed by atoms with Crippen LogP contribution in [0.25, 0.3) is 22.4 Å². The molecule has 0 radical (unpaired) electrons. The second-order valence-electron chi connectivity index (χ2n) is 6.89. The Morgan fingerprint density at radius 2 is 2.20 bits per heavy atom. The number of amides is 1. The van der Waals surface area contributed by atoms with Gasteiger partial charge in [0.2, 0.25) is 5.89 Å². The van der Waals surface area contributed by atoms with Crippen LogP contribution in [0.2, 0.25) is 0 Å². The van der Waals surface area contributed by atoms with Crippen molar-refractivity contribution in [3.05, 3.63) is 36.4 Å². The number of aromatic amines is 1. The number of H-pyrrole nitrogens is 1. The summed E-state index contributed by atoms with van der Waals surface area (Å²) in [5, 5.41) is 11.2. The van der Waals surface area contributed by atoms with E-state index in [-0.39, 0.29) is 11.9 Å². The number of carbonyl (C=O) groups is 1. The van der Waals surface area contributed by atoms with Crippen molar-refractivity contribution < 1.29 is 9.21 Å². The summed E-state index contributed by atoms with van der Waals surface area (Å²) in [6.45, 7) is 3.25. The maximum Gasteiger partial charge on any atom is 0.272 e. The van der Waals surface area contributed by atoms with E-state index in [0.29, 0.717) is 17.5 Å². The normalized spacial score (nSPS) is 25.4. The third-order valence-electron chi connectivity index (χ3n) is 5.43. The summed E-state index contributed by atoms with van der Waals surface area (Å²) >= 11 is 0. The van der Waals surface area contributed by atoms with Crippen molar-refractivity contribution in [1.82, 2.24) is 25.4 Å². The van der Waals surface area contributed by atoms with Gasteiger partial charge >= 0.3 is 0 Å². The van der Waals surface area contributed by atoms with E-state index in [4.69, 9.17) is 4.42 Å². The Balaban J connectivity index is 1.44. The molecule has 1 amide bonds. The number of nitrogens with one attached hydrogen (secondary N) is 2. The predicted octanol–water partition coefficient (Wildman–Crippen LogP) is 2.04. The molecule has 1 atom stereocenters. The molecule has 3 saturated heterocycles. The highest BCUT2D eigenvalue weighted by atomic mass is 16.3. The first-order valence-electron chi connectivity index (χ1n) is 8.69. The van der Waals surface area contributed by atoms with Crippen molar-refractivity contribution in [2.24, 2.45) is 5.92 Å². The molecule has 2 aromatic heterocycles. The van der Waals surface area contributed by atoms with Crippen molar-refractivity contribution in [2.45, 2.75) is 18.9 Å². The molecule has 2 bridgehead atoms. The minimum atomic E-state index is -0.116. The van der Waals surface area contributed by atoms with E-state index in [1.54, 1.807) is 6.20 Å². The van der Waals surface area contributed by atoms with Crippen LogP contribution in [0.15, 0.2) is 35.1 Å². The van der Waals surface area contributed by atoms with Gasteiger partial charge in [0.25, 0.3) is 5.91 Å². The topological polar surface area (TPSA) is 87.0 Å². The highest BCUT2D eigenvalue weighted by molar-refractivity contribution is 6.05. The van der Waals surface area contributed by atoms with Gasteiger partial charge in [0.1, 0.15) is 6.26 Å². The van der Waals surface area contributed by atoms with Crippen LogP contribution in [0.1, 0.15) is 23.3 Å². The maximum absolute atomic E-state index is 12.8. The molecular formula is C18H19N5O2. The lowest BCUT2D eigenvalue weighted by Crippen LogP contribution is -2.57. The van der Waals surface area contributed by atoms with Gasteiger partial charge in [0.15, 0.2) is 5.69 Å². The number of aromatic nitrogens is 3. The van der Waals surface area contributed by atoms with Crippen LogP contribution < -0.4 is 5.32 Å². The summed E-state index contributed by atoms with van der Waals surface area (Å²) in [5.74, 6) is 1.00. The second kappa shape index (κ2) is 5.70. The molecule has 5 heterocycles. The molecule has 3 aromatic rings. The minimum Gasteiger partial charge on any atom is -0.445 e. The van der Waals surface area contributed by atoms with Crippen molar-refractivity contribution in [3.63, 3.8) is 0 Å². The van der Waals surface area contributed by atoms with Crippen LogP contribution >= 0.6 is 0 Å². The Bertz CT molecular complexity index is 909. The number of carbonyl (C=O) groups excluding carboxylic acids is 1. The lowest BCUT2D eigenvalue weighted by atomic mass is 9.84. The van der Waals surface area contributed by atoms with Gasteiger partial charge in [-0.2, -0.15) is 5.10 Å². The molecule has 0 spiro atoms. The monoisotopic (exact) mass is 337 g/mol. The zero-order chi connectivity index (χ0) is 16.8. The molecule has 25 heavy (non-hydrogen) atoms.